The van der Waals surface area contributed by atoms with Crippen molar-refractivity contribution in [2.24, 2.45) is 0 Å². The first-order valence-corrected chi connectivity index (χ1v) is 12.3. The van der Waals surface area contributed by atoms with Crippen LogP contribution in [0.25, 0.3) is 0 Å². The average molecular weight is 467 g/mol. The highest BCUT2D eigenvalue weighted by Crippen LogP contribution is 2.16. The van der Waals surface area contributed by atoms with Crippen LogP contribution in [0.5, 0.6) is 0 Å². The number of amides is 3. The number of nitrogens with zero attached hydrogens (tertiary/aromatic N) is 1. The summed E-state index contributed by atoms with van der Waals surface area (Å²) in [4.78, 5) is 38.9. The third-order valence-corrected chi connectivity index (χ3v) is 5.30. The van der Waals surface area contributed by atoms with Crippen molar-refractivity contribution >= 4 is 34.8 Å². The van der Waals surface area contributed by atoms with Crippen LogP contribution in [0.15, 0.2) is 48.5 Å². The van der Waals surface area contributed by atoms with E-state index in [1.54, 1.807) is 24.3 Å². The van der Waals surface area contributed by atoms with Gasteiger partial charge in [-0.2, -0.15) is 0 Å². The second-order valence-electron chi connectivity index (χ2n) is 8.36. The smallest absolute Gasteiger partial charge is 0.253 e. The predicted molar refractivity (Wildman–Crippen MR) is 139 cm³/mol. The van der Waals surface area contributed by atoms with Gasteiger partial charge in [0.15, 0.2) is 0 Å². The van der Waals surface area contributed by atoms with E-state index in [1.165, 1.54) is 0 Å². The van der Waals surface area contributed by atoms with E-state index in [0.29, 0.717) is 23.4 Å². The lowest BCUT2D eigenvalue weighted by Gasteiger charge is -2.21. The third-order valence-electron chi connectivity index (χ3n) is 5.30. The van der Waals surface area contributed by atoms with Crippen LogP contribution in [0.2, 0.25) is 0 Å². The van der Waals surface area contributed by atoms with Crippen molar-refractivity contribution in [2.45, 2.75) is 59.3 Å². The van der Waals surface area contributed by atoms with Crippen LogP contribution < -0.4 is 16.0 Å². The molecule has 184 valence electrons. The lowest BCUT2D eigenvalue weighted by Crippen LogP contribution is -2.32. The fourth-order valence-electron chi connectivity index (χ4n) is 3.59. The molecule has 0 heterocycles. The van der Waals surface area contributed by atoms with Crippen molar-refractivity contribution in [3.05, 3.63) is 54.1 Å². The van der Waals surface area contributed by atoms with Gasteiger partial charge in [0.25, 0.3) is 5.91 Å². The maximum atomic E-state index is 12.7. The molecule has 0 fully saturated rings. The van der Waals surface area contributed by atoms with Crippen molar-refractivity contribution in [1.29, 1.82) is 0 Å². The first-order valence-electron chi connectivity index (χ1n) is 12.3. The van der Waals surface area contributed by atoms with Gasteiger partial charge in [0.05, 0.1) is 6.54 Å². The van der Waals surface area contributed by atoms with Gasteiger partial charge in [-0.05, 0) is 61.7 Å². The summed E-state index contributed by atoms with van der Waals surface area (Å²) >= 11 is 0. The fraction of sp³-hybridized carbons (Fsp3) is 0.444. The largest absolute Gasteiger partial charge is 0.376 e. The first-order chi connectivity index (χ1) is 16.5. The molecule has 0 unspecified atom stereocenters. The van der Waals surface area contributed by atoms with Crippen LogP contribution in [0.3, 0.4) is 0 Å². The molecule has 3 N–H and O–H groups in total. The van der Waals surface area contributed by atoms with Crippen LogP contribution in [0.4, 0.5) is 17.1 Å². The molecule has 0 radical (unpaired) electrons. The zero-order valence-corrected chi connectivity index (χ0v) is 20.7. The Labute approximate surface area is 203 Å². The number of hydrogen-bond acceptors (Lipinski definition) is 4. The number of anilines is 3. The van der Waals surface area contributed by atoms with E-state index in [4.69, 9.17) is 0 Å². The molecule has 0 aliphatic carbocycles. The Morgan fingerprint density at radius 1 is 0.735 bits per heavy atom. The molecule has 0 saturated heterocycles. The van der Waals surface area contributed by atoms with Gasteiger partial charge in [-0.15, -0.1) is 0 Å². The second-order valence-corrected chi connectivity index (χ2v) is 8.36. The van der Waals surface area contributed by atoms with E-state index < -0.39 is 0 Å². The van der Waals surface area contributed by atoms with Gasteiger partial charge in [0, 0.05) is 42.1 Å². The molecule has 3 amide bonds. The molecular formula is C27H38N4O3. The third kappa shape index (κ3) is 9.25. The standard InChI is InChI=1S/C27H38N4O3/c1-4-7-8-12-25(32)30-24-11-9-10-23(19-24)28-20-26(33)29-22-15-13-21(14-16-22)27(34)31(17-5-2)18-6-3/h9-11,13-16,19,28H,4-8,12,17-18,20H2,1-3H3,(H,29,33)(H,30,32). The normalized spacial score (nSPS) is 10.4. The Balaban J connectivity index is 1.85. The van der Waals surface area contributed by atoms with Gasteiger partial charge < -0.3 is 20.9 Å². The number of unbranched alkanes of at least 4 members (excludes halogenated alkanes) is 2. The van der Waals surface area contributed by atoms with Gasteiger partial charge in [-0.3, -0.25) is 14.4 Å². The summed E-state index contributed by atoms with van der Waals surface area (Å²) in [6, 6.07) is 14.3. The summed E-state index contributed by atoms with van der Waals surface area (Å²) in [5.74, 6) is -0.190. The molecule has 2 aromatic carbocycles. The van der Waals surface area contributed by atoms with Gasteiger partial charge in [0.2, 0.25) is 11.8 Å². The zero-order valence-electron chi connectivity index (χ0n) is 20.7. The molecule has 0 aliphatic heterocycles. The topological polar surface area (TPSA) is 90.5 Å². The monoisotopic (exact) mass is 466 g/mol. The number of rotatable bonds is 14. The van der Waals surface area contributed by atoms with Crippen LogP contribution in [0, 0.1) is 0 Å². The summed E-state index contributed by atoms with van der Waals surface area (Å²) in [7, 11) is 0. The minimum absolute atomic E-state index is 0.00206. The molecule has 34 heavy (non-hydrogen) atoms. The highest BCUT2D eigenvalue weighted by atomic mass is 16.2. The van der Waals surface area contributed by atoms with E-state index in [-0.39, 0.29) is 24.3 Å². The number of carbonyl (C=O) groups is 3. The average Bonchev–Trinajstić information content (AvgIpc) is 2.83. The van der Waals surface area contributed by atoms with Crippen LogP contribution in [-0.2, 0) is 9.59 Å². The Morgan fingerprint density at radius 2 is 1.38 bits per heavy atom. The number of nitrogens with one attached hydrogen (secondary N) is 3. The maximum Gasteiger partial charge on any atom is 0.253 e. The highest BCUT2D eigenvalue weighted by Gasteiger charge is 2.14. The highest BCUT2D eigenvalue weighted by molar-refractivity contribution is 5.97. The van der Waals surface area contributed by atoms with Crippen molar-refractivity contribution in [3.63, 3.8) is 0 Å². The first kappa shape index (κ1) is 26.9. The summed E-state index contributed by atoms with van der Waals surface area (Å²) in [6.07, 6.45) is 5.34. The molecule has 0 aromatic heterocycles. The van der Waals surface area contributed by atoms with Gasteiger partial charge in [-0.1, -0.05) is 39.7 Å². The van der Waals surface area contributed by atoms with Crippen molar-refractivity contribution in [3.8, 4) is 0 Å². The maximum absolute atomic E-state index is 12.7. The zero-order chi connectivity index (χ0) is 24.8. The van der Waals surface area contributed by atoms with Crippen molar-refractivity contribution in [1.82, 2.24) is 4.90 Å². The lowest BCUT2D eigenvalue weighted by atomic mass is 10.1. The minimum atomic E-state index is -0.202. The molecule has 0 atom stereocenters. The SMILES string of the molecule is CCCCCC(=O)Nc1cccc(NCC(=O)Nc2ccc(C(=O)N(CCC)CCC)cc2)c1. The Hall–Kier alpha value is -3.35. The molecular weight excluding hydrogens is 428 g/mol. The van der Waals surface area contributed by atoms with Gasteiger partial charge in [-0.25, -0.2) is 0 Å². The minimum Gasteiger partial charge on any atom is -0.376 e. The predicted octanol–water partition coefficient (Wildman–Crippen LogP) is 5.52. The molecule has 0 saturated carbocycles. The van der Waals surface area contributed by atoms with E-state index in [1.807, 2.05) is 29.2 Å². The molecule has 2 rings (SSSR count). The molecule has 7 heteroatoms. The van der Waals surface area contributed by atoms with Crippen LogP contribution >= 0.6 is 0 Å². The fourth-order valence-corrected chi connectivity index (χ4v) is 3.59. The van der Waals surface area contributed by atoms with Crippen molar-refractivity contribution < 1.29 is 14.4 Å². The van der Waals surface area contributed by atoms with Crippen LogP contribution in [0.1, 0.15) is 69.7 Å². The Bertz CT molecular complexity index is 922. The molecule has 7 nitrogen and oxygen atoms in total. The summed E-state index contributed by atoms with van der Waals surface area (Å²) in [5.41, 5.74) is 2.70. The Morgan fingerprint density at radius 3 is 2.03 bits per heavy atom. The second kappa shape index (κ2) is 14.7. The summed E-state index contributed by atoms with van der Waals surface area (Å²) in [6.45, 7) is 7.78. The quantitative estimate of drug-likeness (QED) is 0.320. The van der Waals surface area contributed by atoms with Gasteiger partial charge >= 0.3 is 0 Å². The van der Waals surface area contributed by atoms with E-state index in [0.717, 1.165) is 50.9 Å². The molecule has 2 aromatic rings. The summed E-state index contributed by atoms with van der Waals surface area (Å²) in [5, 5.41) is 8.81. The molecule has 0 bridgehead atoms. The van der Waals surface area contributed by atoms with E-state index >= 15 is 0 Å². The van der Waals surface area contributed by atoms with E-state index in [9.17, 15) is 14.4 Å². The number of carbonyl (C=O) groups excluding carboxylic acids is 3. The molecule has 0 spiro atoms. The van der Waals surface area contributed by atoms with Gasteiger partial charge in [0.1, 0.15) is 0 Å². The number of hydrogen-bond donors (Lipinski definition) is 3. The molecule has 0 aliphatic rings. The van der Waals surface area contributed by atoms with E-state index in [2.05, 4.69) is 36.7 Å². The summed E-state index contributed by atoms with van der Waals surface area (Å²) < 4.78 is 0. The lowest BCUT2D eigenvalue weighted by molar-refractivity contribution is -0.116. The van der Waals surface area contributed by atoms with Crippen molar-refractivity contribution in [2.75, 3.05) is 35.6 Å². The Kier molecular flexibility index (Phi) is 11.7. The number of benzene rings is 2. The van der Waals surface area contributed by atoms with Crippen LogP contribution in [-0.4, -0.2) is 42.3 Å².